The van der Waals surface area contributed by atoms with E-state index in [9.17, 15) is 4.79 Å². The SMILES string of the molecule is CC(C)(C)OC(=O)NCCC(CN)N1CCC2CCCCC21. The van der Waals surface area contributed by atoms with Gasteiger partial charge in [-0.05, 0) is 58.9 Å². The van der Waals surface area contributed by atoms with Gasteiger partial charge in [-0.15, -0.1) is 0 Å². The van der Waals surface area contributed by atoms with E-state index in [1.165, 1.54) is 38.6 Å². The molecule has 3 N–H and O–H groups in total. The van der Waals surface area contributed by atoms with Crippen molar-refractivity contribution in [3.8, 4) is 0 Å². The van der Waals surface area contributed by atoms with Crippen LogP contribution in [0.2, 0.25) is 0 Å². The number of likely N-dealkylation sites (tertiary alicyclic amines) is 1. The van der Waals surface area contributed by atoms with Gasteiger partial charge in [-0.1, -0.05) is 12.8 Å². The van der Waals surface area contributed by atoms with Crippen LogP contribution in [0.4, 0.5) is 4.79 Å². The molecule has 22 heavy (non-hydrogen) atoms. The Kier molecular flexibility index (Phi) is 6.09. The number of carbonyl (C=O) groups excluding carboxylic acids is 1. The second-order valence-electron chi connectivity index (χ2n) is 7.75. The first-order valence-corrected chi connectivity index (χ1v) is 8.83. The Balaban J connectivity index is 1.76. The summed E-state index contributed by atoms with van der Waals surface area (Å²) in [6.45, 7) is 8.10. The second kappa shape index (κ2) is 7.64. The molecular weight excluding hydrogens is 278 g/mol. The molecule has 3 atom stereocenters. The first kappa shape index (κ1) is 17.5. The van der Waals surface area contributed by atoms with E-state index in [2.05, 4.69) is 10.2 Å². The van der Waals surface area contributed by atoms with Gasteiger partial charge < -0.3 is 15.8 Å². The van der Waals surface area contributed by atoms with Crippen molar-refractivity contribution in [1.29, 1.82) is 0 Å². The molecule has 0 aromatic carbocycles. The molecule has 0 radical (unpaired) electrons. The number of alkyl carbamates (subject to hydrolysis) is 1. The van der Waals surface area contributed by atoms with Crippen LogP contribution in [-0.4, -0.2) is 48.3 Å². The third-order valence-corrected chi connectivity index (χ3v) is 4.94. The lowest BCUT2D eigenvalue weighted by molar-refractivity contribution is 0.0519. The molecule has 5 heteroatoms. The van der Waals surface area contributed by atoms with E-state index in [0.717, 1.165) is 18.4 Å². The average Bonchev–Trinajstić information content (AvgIpc) is 2.86. The van der Waals surface area contributed by atoms with E-state index < -0.39 is 5.60 Å². The van der Waals surface area contributed by atoms with Gasteiger partial charge in [-0.25, -0.2) is 4.79 Å². The fourth-order valence-corrected chi connectivity index (χ4v) is 3.97. The summed E-state index contributed by atoms with van der Waals surface area (Å²) < 4.78 is 5.27. The van der Waals surface area contributed by atoms with Crippen molar-refractivity contribution in [3.05, 3.63) is 0 Å². The summed E-state index contributed by atoms with van der Waals surface area (Å²) in [7, 11) is 0. The quantitative estimate of drug-likeness (QED) is 0.818. The summed E-state index contributed by atoms with van der Waals surface area (Å²) in [6.07, 6.45) is 7.34. The van der Waals surface area contributed by atoms with Gasteiger partial charge in [0.2, 0.25) is 0 Å². The van der Waals surface area contributed by atoms with Crippen molar-refractivity contribution in [2.45, 2.75) is 77.0 Å². The minimum absolute atomic E-state index is 0.333. The van der Waals surface area contributed by atoms with E-state index in [4.69, 9.17) is 10.5 Å². The summed E-state index contributed by atoms with van der Waals surface area (Å²) in [5.41, 5.74) is 5.56. The molecule has 0 aromatic rings. The van der Waals surface area contributed by atoms with E-state index in [1.807, 2.05) is 20.8 Å². The third-order valence-electron chi connectivity index (χ3n) is 4.94. The van der Waals surface area contributed by atoms with Crippen molar-refractivity contribution in [2.24, 2.45) is 11.7 Å². The largest absolute Gasteiger partial charge is 0.444 e. The molecular formula is C17H33N3O2. The average molecular weight is 311 g/mol. The van der Waals surface area contributed by atoms with Gasteiger partial charge >= 0.3 is 6.09 Å². The van der Waals surface area contributed by atoms with Crippen molar-refractivity contribution < 1.29 is 9.53 Å². The highest BCUT2D eigenvalue weighted by Crippen LogP contribution is 2.37. The molecule has 0 spiro atoms. The topological polar surface area (TPSA) is 67.6 Å². The standard InChI is InChI=1S/C17H33N3O2/c1-17(2,3)22-16(21)19-10-8-14(12-18)20-11-9-13-6-4-5-7-15(13)20/h13-15H,4-12,18H2,1-3H3,(H,19,21). The van der Waals surface area contributed by atoms with Gasteiger partial charge in [-0.2, -0.15) is 0 Å². The molecule has 1 aliphatic carbocycles. The predicted molar refractivity (Wildman–Crippen MR) is 88.8 cm³/mol. The number of ether oxygens (including phenoxy) is 1. The van der Waals surface area contributed by atoms with Crippen LogP contribution >= 0.6 is 0 Å². The molecule has 1 saturated carbocycles. The monoisotopic (exact) mass is 311 g/mol. The highest BCUT2D eigenvalue weighted by molar-refractivity contribution is 5.67. The molecule has 1 amide bonds. The Morgan fingerprint density at radius 3 is 2.73 bits per heavy atom. The summed E-state index contributed by atoms with van der Waals surface area (Å²) in [4.78, 5) is 14.3. The van der Waals surface area contributed by atoms with Crippen molar-refractivity contribution in [1.82, 2.24) is 10.2 Å². The van der Waals surface area contributed by atoms with E-state index in [1.54, 1.807) is 0 Å². The van der Waals surface area contributed by atoms with Crippen molar-refractivity contribution in [3.63, 3.8) is 0 Å². The first-order chi connectivity index (χ1) is 10.4. The van der Waals surface area contributed by atoms with Gasteiger partial charge in [0.25, 0.3) is 0 Å². The molecule has 1 saturated heterocycles. The Morgan fingerprint density at radius 1 is 1.32 bits per heavy atom. The predicted octanol–water partition coefficient (Wildman–Crippen LogP) is 2.49. The van der Waals surface area contributed by atoms with Crippen LogP contribution in [0.3, 0.4) is 0 Å². The number of nitrogens with zero attached hydrogens (tertiary/aromatic N) is 1. The molecule has 2 rings (SSSR count). The molecule has 1 aliphatic heterocycles. The highest BCUT2D eigenvalue weighted by atomic mass is 16.6. The highest BCUT2D eigenvalue weighted by Gasteiger charge is 2.38. The zero-order valence-electron chi connectivity index (χ0n) is 14.4. The molecule has 2 fully saturated rings. The van der Waals surface area contributed by atoms with Crippen LogP contribution in [0.25, 0.3) is 0 Å². The number of hydrogen-bond acceptors (Lipinski definition) is 4. The van der Waals surface area contributed by atoms with Gasteiger partial charge in [0.05, 0.1) is 0 Å². The van der Waals surface area contributed by atoms with Gasteiger partial charge in [0.1, 0.15) is 5.60 Å². The Bertz CT molecular complexity index is 367. The molecule has 3 unspecified atom stereocenters. The normalized spacial score (nSPS) is 27.3. The smallest absolute Gasteiger partial charge is 0.407 e. The Morgan fingerprint density at radius 2 is 2.05 bits per heavy atom. The number of amides is 1. The van der Waals surface area contributed by atoms with Gasteiger partial charge in [0.15, 0.2) is 0 Å². The molecule has 5 nitrogen and oxygen atoms in total. The van der Waals surface area contributed by atoms with Crippen LogP contribution in [0.15, 0.2) is 0 Å². The number of rotatable bonds is 5. The number of carbonyl (C=O) groups is 1. The van der Waals surface area contributed by atoms with Crippen molar-refractivity contribution >= 4 is 6.09 Å². The Labute approximate surface area is 134 Å². The van der Waals surface area contributed by atoms with E-state index in [0.29, 0.717) is 19.1 Å². The maximum atomic E-state index is 11.7. The van der Waals surface area contributed by atoms with Crippen molar-refractivity contribution in [2.75, 3.05) is 19.6 Å². The van der Waals surface area contributed by atoms with Crippen LogP contribution in [0, 0.1) is 5.92 Å². The van der Waals surface area contributed by atoms with Crippen LogP contribution in [-0.2, 0) is 4.74 Å². The van der Waals surface area contributed by atoms with E-state index >= 15 is 0 Å². The number of fused-ring (bicyclic) bond motifs is 1. The van der Waals surface area contributed by atoms with Crippen LogP contribution in [0.5, 0.6) is 0 Å². The summed E-state index contributed by atoms with van der Waals surface area (Å²) in [5, 5.41) is 2.86. The minimum Gasteiger partial charge on any atom is -0.444 e. The lowest BCUT2D eigenvalue weighted by Gasteiger charge is -2.36. The third kappa shape index (κ3) is 4.85. The molecule has 2 aliphatic rings. The van der Waals surface area contributed by atoms with Crippen LogP contribution < -0.4 is 11.1 Å². The summed E-state index contributed by atoms with van der Waals surface area (Å²) in [5.74, 6) is 0.876. The molecule has 0 aromatic heterocycles. The van der Waals surface area contributed by atoms with Gasteiger partial charge in [0, 0.05) is 25.2 Å². The van der Waals surface area contributed by atoms with Crippen LogP contribution in [0.1, 0.15) is 59.3 Å². The fourth-order valence-electron chi connectivity index (χ4n) is 3.97. The maximum Gasteiger partial charge on any atom is 0.407 e. The number of nitrogens with one attached hydrogen (secondary N) is 1. The number of nitrogens with two attached hydrogens (primary N) is 1. The lowest BCUT2D eigenvalue weighted by Crippen LogP contribution is -2.47. The summed E-state index contributed by atoms with van der Waals surface area (Å²) in [6, 6.07) is 1.10. The number of hydrogen-bond donors (Lipinski definition) is 2. The first-order valence-electron chi connectivity index (χ1n) is 8.83. The Hall–Kier alpha value is -0.810. The zero-order valence-corrected chi connectivity index (χ0v) is 14.4. The zero-order chi connectivity index (χ0) is 16.2. The second-order valence-corrected chi connectivity index (χ2v) is 7.75. The van der Waals surface area contributed by atoms with E-state index in [-0.39, 0.29) is 6.09 Å². The molecule has 0 bridgehead atoms. The minimum atomic E-state index is -0.443. The molecule has 1 heterocycles. The fraction of sp³-hybridized carbons (Fsp3) is 0.941. The lowest BCUT2D eigenvalue weighted by atomic mass is 9.85. The maximum absolute atomic E-state index is 11.7. The summed E-state index contributed by atoms with van der Waals surface area (Å²) >= 11 is 0. The molecule has 128 valence electrons. The van der Waals surface area contributed by atoms with Gasteiger partial charge in [-0.3, -0.25) is 4.90 Å².